The average Bonchev–Trinajstić information content (AvgIpc) is 2.90. The van der Waals surface area contributed by atoms with Gasteiger partial charge in [-0.25, -0.2) is 9.97 Å². The van der Waals surface area contributed by atoms with E-state index in [9.17, 15) is 10.1 Å². The standard InChI is InChI=1S/C13H10N6O2/c20-19(21)9-5-6-12(14-7-9)18-15-8-13-16-10-3-1-2-4-11(10)17-13/h1-8H,(H,14,18)(H,16,17). The molecule has 0 aliphatic rings. The first-order chi connectivity index (χ1) is 10.2. The normalized spacial score (nSPS) is 11.0. The maximum Gasteiger partial charge on any atom is 0.287 e. The maximum atomic E-state index is 10.5. The Labute approximate surface area is 118 Å². The summed E-state index contributed by atoms with van der Waals surface area (Å²) >= 11 is 0. The second kappa shape index (κ2) is 5.37. The molecule has 0 aliphatic heterocycles. The van der Waals surface area contributed by atoms with Crippen LogP contribution in [0.5, 0.6) is 0 Å². The molecule has 0 saturated heterocycles. The van der Waals surface area contributed by atoms with Crippen molar-refractivity contribution < 1.29 is 4.92 Å². The molecule has 0 unspecified atom stereocenters. The van der Waals surface area contributed by atoms with Crippen LogP contribution in [0.25, 0.3) is 11.0 Å². The van der Waals surface area contributed by atoms with Gasteiger partial charge in [0.05, 0.1) is 22.2 Å². The lowest BCUT2D eigenvalue weighted by Crippen LogP contribution is -1.95. The van der Waals surface area contributed by atoms with Crippen LogP contribution < -0.4 is 5.43 Å². The summed E-state index contributed by atoms with van der Waals surface area (Å²) in [6, 6.07) is 10.5. The lowest BCUT2D eigenvalue weighted by Gasteiger charge is -1.97. The molecule has 3 rings (SSSR count). The van der Waals surface area contributed by atoms with Crippen LogP contribution in [-0.4, -0.2) is 26.1 Å². The molecule has 1 aromatic carbocycles. The summed E-state index contributed by atoms with van der Waals surface area (Å²) < 4.78 is 0. The molecular formula is C13H10N6O2. The number of fused-ring (bicyclic) bond motifs is 1. The molecule has 0 aliphatic carbocycles. The van der Waals surface area contributed by atoms with E-state index >= 15 is 0 Å². The van der Waals surface area contributed by atoms with Gasteiger partial charge < -0.3 is 4.98 Å². The number of hydrogen-bond donors (Lipinski definition) is 2. The molecular weight excluding hydrogens is 272 g/mol. The highest BCUT2D eigenvalue weighted by atomic mass is 16.6. The summed E-state index contributed by atoms with van der Waals surface area (Å²) in [5.74, 6) is 1.01. The van der Waals surface area contributed by atoms with Gasteiger partial charge in [0.1, 0.15) is 12.0 Å². The zero-order chi connectivity index (χ0) is 14.7. The van der Waals surface area contributed by atoms with Crippen molar-refractivity contribution in [3.63, 3.8) is 0 Å². The van der Waals surface area contributed by atoms with E-state index in [-0.39, 0.29) is 5.69 Å². The summed E-state index contributed by atoms with van der Waals surface area (Å²) in [5, 5.41) is 14.5. The quantitative estimate of drug-likeness (QED) is 0.433. The number of para-hydroxylation sites is 2. The molecule has 0 fully saturated rings. The Morgan fingerprint density at radius 3 is 2.86 bits per heavy atom. The summed E-state index contributed by atoms with van der Waals surface area (Å²) in [6.07, 6.45) is 2.68. The smallest absolute Gasteiger partial charge is 0.287 e. The largest absolute Gasteiger partial charge is 0.337 e. The third-order valence-corrected chi connectivity index (χ3v) is 2.73. The Hall–Kier alpha value is -3.29. The van der Waals surface area contributed by atoms with Gasteiger partial charge in [-0.1, -0.05) is 12.1 Å². The van der Waals surface area contributed by atoms with Gasteiger partial charge in [0, 0.05) is 6.07 Å². The van der Waals surface area contributed by atoms with Crippen molar-refractivity contribution in [3.05, 3.63) is 58.5 Å². The number of H-pyrrole nitrogens is 1. The number of pyridine rings is 1. The minimum atomic E-state index is -0.506. The van der Waals surface area contributed by atoms with Gasteiger partial charge in [-0.05, 0) is 18.2 Å². The van der Waals surface area contributed by atoms with E-state index in [1.54, 1.807) is 0 Å². The van der Waals surface area contributed by atoms with Crippen LogP contribution in [0.1, 0.15) is 5.82 Å². The average molecular weight is 282 g/mol. The van der Waals surface area contributed by atoms with Gasteiger partial charge in [-0.2, -0.15) is 5.10 Å². The highest BCUT2D eigenvalue weighted by molar-refractivity contribution is 5.84. The van der Waals surface area contributed by atoms with E-state index < -0.39 is 4.92 Å². The highest BCUT2D eigenvalue weighted by Crippen LogP contribution is 2.12. The molecule has 21 heavy (non-hydrogen) atoms. The minimum Gasteiger partial charge on any atom is -0.337 e. The fraction of sp³-hybridized carbons (Fsp3) is 0. The Morgan fingerprint density at radius 2 is 2.14 bits per heavy atom. The monoisotopic (exact) mass is 282 g/mol. The summed E-state index contributed by atoms with van der Waals surface area (Å²) in [7, 11) is 0. The van der Waals surface area contributed by atoms with Crippen LogP contribution in [0.15, 0.2) is 47.7 Å². The highest BCUT2D eigenvalue weighted by Gasteiger charge is 2.04. The summed E-state index contributed by atoms with van der Waals surface area (Å²) in [4.78, 5) is 21.3. The molecule has 8 heteroatoms. The zero-order valence-corrected chi connectivity index (χ0v) is 10.7. The predicted molar refractivity (Wildman–Crippen MR) is 78.2 cm³/mol. The molecule has 0 bridgehead atoms. The number of rotatable bonds is 4. The maximum absolute atomic E-state index is 10.5. The topological polar surface area (TPSA) is 109 Å². The Balaban J connectivity index is 1.70. The van der Waals surface area contributed by atoms with E-state index in [0.717, 1.165) is 11.0 Å². The van der Waals surface area contributed by atoms with Crippen molar-refractivity contribution in [1.29, 1.82) is 0 Å². The van der Waals surface area contributed by atoms with Gasteiger partial charge in [0.25, 0.3) is 5.69 Å². The minimum absolute atomic E-state index is 0.0678. The molecule has 2 aromatic heterocycles. The van der Waals surface area contributed by atoms with E-state index in [4.69, 9.17) is 0 Å². The number of benzene rings is 1. The first-order valence-electron chi connectivity index (χ1n) is 6.06. The van der Waals surface area contributed by atoms with Gasteiger partial charge in [0.15, 0.2) is 5.82 Å². The van der Waals surface area contributed by atoms with Crippen LogP contribution in [0.3, 0.4) is 0 Å². The van der Waals surface area contributed by atoms with Gasteiger partial charge in [-0.3, -0.25) is 15.5 Å². The number of anilines is 1. The first kappa shape index (κ1) is 12.7. The predicted octanol–water partition coefficient (Wildman–Crippen LogP) is 2.31. The second-order valence-corrected chi connectivity index (χ2v) is 4.17. The number of hydrogen-bond acceptors (Lipinski definition) is 6. The summed E-state index contributed by atoms with van der Waals surface area (Å²) in [5.41, 5.74) is 4.39. The van der Waals surface area contributed by atoms with Crippen molar-refractivity contribution in [1.82, 2.24) is 15.0 Å². The number of nitro groups is 1. The Bertz CT molecular complexity index is 776. The number of hydrazone groups is 1. The van der Waals surface area contributed by atoms with E-state index in [0.29, 0.717) is 11.6 Å². The third-order valence-electron chi connectivity index (χ3n) is 2.73. The fourth-order valence-electron chi connectivity index (χ4n) is 1.75. The molecule has 0 radical (unpaired) electrons. The Kier molecular flexibility index (Phi) is 3.26. The lowest BCUT2D eigenvalue weighted by molar-refractivity contribution is -0.385. The number of nitrogens with zero attached hydrogens (tertiary/aromatic N) is 4. The Morgan fingerprint density at radius 1 is 1.29 bits per heavy atom. The molecule has 0 spiro atoms. The van der Waals surface area contributed by atoms with Crippen molar-refractivity contribution in [2.45, 2.75) is 0 Å². The molecule has 0 saturated carbocycles. The van der Waals surface area contributed by atoms with Crippen LogP contribution >= 0.6 is 0 Å². The van der Waals surface area contributed by atoms with Crippen molar-refractivity contribution in [2.75, 3.05) is 5.43 Å². The number of nitrogens with one attached hydrogen (secondary N) is 2. The fourth-order valence-corrected chi connectivity index (χ4v) is 1.75. The SMILES string of the molecule is O=[N+]([O-])c1ccc(NN=Cc2nc3ccccc3[nH]2)nc1. The third kappa shape index (κ3) is 2.84. The number of aromatic amines is 1. The van der Waals surface area contributed by atoms with Gasteiger partial charge in [-0.15, -0.1) is 0 Å². The van der Waals surface area contributed by atoms with E-state index in [2.05, 4.69) is 25.5 Å². The van der Waals surface area contributed by atoms with Gasteiger partial charge >= 0.3 is 0 Å². The molecule has 2 heterocycles. The molecule has 104 valence electrons. The first-order valence-corrected chi connectivity index (χ1v) is 6.06. The van der Waals surface area contributed by atoms with E-state index in [1.807, 2.05) is 24.3 Å². The summed E-state index contributed by atoms with van der Waals surface area (Å²) in [6.45, 7) is 0. The van der Waals surface area contributed by atoms with E-state index in [1.165, 1.54) is 24.5 Å². The van der Waals surface area contributed by atoms with Crippen LogP contribution in [-0.2, 0) is 0 Å². The number of aromatic nitrogens is 3. The second-order valence-electron chi connectivity index (χ2n) is 4.17. The lowest BCUT2D eigenvalue weighted by atomic mass is 10.3. The van der Waals surface area contributed by atoms with Crippen molar-refractivity contribution in [3.8, 4) is 0 Å². The van der Waals surface area contributed by atoms with Crippen LogP contribution in [0.4, 0.5) is 11.5 Å². The zero-order valence-electron chi connectivity index (χ0n) is 10.7. The van der Waals surface area contributed by atoms with Crippen molar-refractivity contribution >= 4 is 28.8 Å². The molecule has 3 aromatic rings. The van der Waals surface area contributed by atoms with Crippen LogP contribution in [0, 0.1) is 10.1 Å². The molecule has 0 atom stereocenters. The molecule has 2 N–H and O–H groups in total. The number of imidazole rings is 1. The molecule has 0 amide bonds. The van der Waals surface area contributed by atoms with Crippen molar-refractivity contribution in [2.24, 2.45) is 5.10 Å². The van der Waals surface area contributed by atoms with Crippen LogP contribution in [0.2, 0.25) is 0 Å². The molecule has 8 nitrogen and oxygen atoms in total. The van der Waals surface area contributed by atoms with Gasteiger partial charge in [0.2, 0.25) is 0 Å².